The number of carbonyl (C=O) groups excluding carboxylic acids is 1. The number of benzene rings is 2. The van der Waals surface area contributed by atoms with Crippen LogP contribution in [0.4, 0.5) is 5.69 Å². The number of aryl methyl sites for hydroxylation is 2. The van der Waals surface area contributed by atoms with Crippen molar-refractivity contribution in [1.29, 1.82) is 0 Å². The van der Waals surface area contributed by atoms with Crippen LogP contribution in [0.5, 0.6) is 0 Å². The van der Waals surface area contributed by atoms with Crippen molar-refractivity contribution in [2.24, 2.45) is 0 Å². The van der Waals surface area contributed by atoms with Crippen LogP contribution in [-0.4, -0.2) is 10.9 Å². The number of para-hydroxylation sites is 1. The summed E-state index contributed by atoms with van der Waals surface area (Å²) in [6.07, 6.45) is 0. The van der Waals surface area contributed by atoms with Crippen molar-refractivity contribution in [1.82, 2.24) is 4.98 Å². The number of anilines is 1. The zero-order valence-electron chi connectivity index (χ0n) is 12.4. The maximum Gasteiger partial charge on any atom is 0.256 e. The number of fused-ring (bicyclic) bond motifs is 1. The molecule has 0 atom stereocenters. The van der Waals surface area contributed by atoms with Crippen molar-refractivity contribution >= 4 is 34.1 Å². The van der Waals surface area contributed by atoms with Crippen molar-refractivity contribution in [2.75, 3.05) is 5.32 Å². The molecule has 110 valence electrons. The van der Waals surface area contributed by atoms with Gasteiger partial charge in [-0.3, -0.25) is 9.78 Å². The van der Waals surface area contributed by atoms with E-state index in [1.807, 2.05) is 44.2 Å². The highest BCUT2D eigenvalue weighted by Gasteiger charge is 2.13. The molecule has 3 nitrogen and oxygen atoms in total. The number of halogens is 1. The summed E-state index contributed by atoms with van der Waals surface area (Å²) in [5.74, 6) is -0.160. The minimum absolute atomic E-state index is 0.160. The van der Waals surface area contributed by atoms with Crippen LogP contribution in [0.1, 0.15) is 21.6 Å². The molecular weight excluding hydrogens is 296 g/mol. The second-order valence-corrected chi connectivity index (χ2v) is 5.68. The second kappa shape index (κ2) is 5.78. The molecule has 3 rings (SSSR count). The lowest BCUT2D eigenvalue weighted by Gasteiger charge is -2.11. The van der Waals surface area contributed by atoms with E-state index >= 15 is 0 Å². The average Bonchev–Trinajstić information content (AvgIpc) is 2.50. The maximum absolute atomic E-state index is 12.7. The summed E-state index contributed by atoms with van der Waals surface area (Å²) in [5, 5.41) is 4.37. The Morgan fingerprint density at radius 3 is 2.68 bits per heavy atom. The topological polar surface area (TPSA) is 42.0 Å². The van der Waals surface area contributed by atoms with Crippen LogP contribution >= 0.6 is 11.6 Å². The number of rotatable bonds is 2. The van der Waals surface area contributed by atoms with Crippen molar-refractivity contribution in [3.8, 4) is 0 Å². The Morgan fingerprint density at radius 1 is 1.09 bits per heavy atom. The molecule has 3 aromatic rings. The summed E-state index contributed by atoms with van der Waals surface area (Å²) in [7, 11) is 0. The van der Waals surface area contributed by atoms with E-state index in [0.29, 0.717) is 10.6 Å². The van der Waals surface area contributed by atoms with Crippen LogP contribution in [0.25, 0.3) is 10.9 Å². The van der Waals surface area contributed by atoms with E-state index in [1.165, 1.54) is 0 Å². The number of pyridine rings is 1. The summed E-state index contributed by atoms with van der Waals surface area (Å²) in [6, 6.07) is 14.9. The first-order valence-electron chi connectivity index (χ1n) is 6.98. The summed E-state index contributed by atoms with van der Waals surface area (Å²) >= 11 is 6.01. The van der Waals surface area contributed by atoms with Gasteiger partial charge in [-0.2, -0.15) is 0 Å². The summed E-state index contributed by atoms with van der Waals surface area (Å²) in [4.78, 5) is 17.1. The number of aromatic nitrogens is 1. The highest BCUT2D eigenvalue weighted by atomic mass is 35.5. The summed E-state index contributed by atoms with van der Waals surface area (Å²) in [5.41, 5.74) is 3.92. The van der Waals surface area contributed by atoms with Gasteiger partial charge in [0.1, 0.15) is 0 Å². The van der Waals surface area contributed by atoms with Gasteiger partial charge in [-0.15, -0.1) is 0 Å². The molecule has 0 unspecified atom stereocenters. The van der Waals surface area contributed by atoms with E-state index in [9.17, 15) is 4.79 Å². The van der Waals surface area contributed by atoms with Crippen LogP contribution < -0.4 is 5.32 Å². The Balaban J connectivity index is 2.04. The minimum atomic E-state index is -0.160. The second-order valence-electron chi connectivity index (χ2n) is 5.24. The van der Waals surface area contributed by atoms with Crippen molar-refractivity contribution in [3.05, 3.63) is 70.4 Å². The third-order valence-electron chi connectivity index (χ3n) is 3.54. The third kappa shape index (κ3) is 2.81. The average molecular weight is 311 g/mol. The van der Waals surface area contributed by atoms with E-state index < -0.39 is 0 Å². The maximum atomic E-state index is 12.7. The Kier molecular flexibility index (Phi) is 3.82. The van der Waals surface area contributed by atoms with Gasteiger partial charge in [0.25, 0.3) is 5.91 Å². The Labute approximate surface area is 133 Å². The van der Waals surface area contributed by atoms with Gasteiger partial charge < -0.3 is 5.32 Å². The number of carbonyl (C=O) groups is 1. The van der Waals surface area contributed by atoms with E-state index in [2.05, 4.69) is 10.3 Å². The third-order valence-corrected chi connectivity index (χ3v) is 3.77. The predicted octanol–water partition coefficient (Wildman–Crippen LogP) is 4.76. The summed E-state index contributed by atoms with van der Waals surface area (Å²) < 4.78 is 0. The molecule has 0 aliphatic heterocycles. The number of hydrogen-bond acceptors (Lipinski definition) is 2. The highest BCUT2D eigenvalue weighted by Crippen LogP contribution is 2.23. The lowest BCUT2D eigenvalue weighted by molar-refractivity contribution is 0.102. The first-order chi connectivity index (χ1) is 10.5. The molecule has 0 aliphatic rings. The number of hydrogen-bond donors (Lipinski definition) is 1. The van der Waals surface area contributed by atoms with Gasteiger partial charge >= 0.3 is 0 Å². The van der Waals surface area contributed by atoms with Gasteiger partial charge in [0, 0.05) is 21.8 Å². The van der Waals surface area contributed by atoms with Gasteiger partial charge in [0.05, 0.1) is 11.1 Å². The highest BCUT2D eigenvalue weighted by molar-refractivity contribution is 6.31. The molecule has 0 spiro atoms. The van der Waals surface area contributed by atoms with E-state index in [-0.39, 0.29) is 5.91 Å². The fourth-order valence-corrected chi connectivity index (χ4v) is 2.59. The van der Waals surface area contributed by atoms with Crippen LogP contribution in [0.15, 0.2) is 48.5 Å². The molecule has 1 amide bonds. The van der Waals surface area contributed by atoms with Crippen molar-refractivity contribution in [2.45, 2.75) is 13.8 Å². The largest absolute Gasteiger partial charge is 0.322 e. The first-order valence-corrected chi connectivity index (χ1v) is 7.36. The fraction of sp³-hybridized carbons (Fsp3) is 0.111. The minimum Gasteiger partial charge on any atom is -0.322 e. The molecule has 0 aliphatic carbocycles. The van der Waals surface area contributed by atoms with E-state index in [1.54, 1.807) is 18.2 Å². The first kappa shape index (κ1) is 14.5. The van der Waals surface area contributed by atoms with E-state index in [0.717, 1.165) is 27.8 Å². The quantitative estimate of drug-likeness (QED) is 0.741. The van der Waals surface area contributed by atoms with Gasteiger partial charge in [-0.1, -0.05) is 35.9 Å². The van der Waals surface area contributed by atoms with Gasteiger partial charge in [0.15, 0.2) is 0 Å². The molecule has 0 fully saturated rings. The molecule has 1 N–H and O–H groups in total. The van der Waals surface area contributed by atoms with Gasteiger partial charge in [-0.05, 0) is 43.7 Å². The van der Waals surface area contributed by atoms with Crippen LogP contribution in [0, 0.1) is 13.8 Å². The van der Waals surface area contributed by atoms with Crippen molar-refractivity contribution in [3.63, 3.8) is 0 Å². The molecule has 1 aromatic heterocycles. The Bertz CT molecular complexity index is 874. The van der Waals surface area contributed by atoms with Crippen LogP contribution in [0.2, 0.25) is 5.02 Å². The molecule has 0 saturated carbocycles. The molecule has 0 radical (unpaired) electrons. The molecule has 22 heavy (non-hydrogen) atoms. The molecule has 4 heteroatoms. The predicted molar refractivity (Wildman–Crippen MR) is 90.6 cm³/mol. The number of nitrogens with zero attached hydrogens (tertiary/aromatic N) is 1. The number of nitrogens with one attached hydrogen (secondary N) is 1. The number of amides is 1. The zero-order valence-corrected chi connectivity index (χ0v) is 13.1. The molecular formula is C18H15ClN2O. The van der Waals surface area contributed by atoms with Crippen LogP contribution in [-0.2, 0) is 0 Å². The fourth-order valence-electron chi connectivity index (χ4n) is 2.41. The van der Waals surface area contributed by atoms with E-state index in [4.69, 9.17) is 11.6 Å². The van der Waals surface area contributed by atoms with Crippen molar-refractivity contribution < 1.29 is 4.79 Å². The summed E-state index contributed by atoms with van der Waals surface area (Å²) in [6.45, 7) is 3.82. The lowest BCUT2D eigenvalue weighted by atomic mass is 10.1. The van der Waals surface area contributed by atoms with Gasteiger partial charge in [0.2, 0.25) is 0 Å². The monoisotopic (exact) mass is 310 g/mol. The SMILES string of the molecule is Cc1cc(C(=O)Nc2cc(Cl)ccc2C)c2ccccc2n1. The zero-order chi connectivity index (χ0) is 15.7. The molecule has 1 heterocycles. The Morgan fingerprint density at radius 2 is 1.86 bits per heavy atom. The normalized spacial score (nSPS) is 10.7. The molecule has 0 bridgehead atoms. The van der Waals surface area contributed by atoms with Gasteiger partial charge in [-0.25, -0.2) is 0 Å². The lowest BCUT2D eigenvalue weighted by Crippen LogP contribution is -2.14. The standard InChI is InChI=1S/C18H15ClN2O/c1-11-7-8-13(19)10-17(11)21-18(22)15-9-12(2)20-16-6-4-3-5-14(15)16/h3-10H,1-2H3,(H,21,22). The smallest absolute Gasteiger partial charge is 0.256 e. The van der Waals surface area contributed by atoms with Crippen LogP contribution in [0.3, 0.4) is 0 Å². The molecule has 2 aromatic carbocycles. The molecule has 0 saturated heterocycles. The Hall–Kier alpha value is -2.39.